The molecule has 0 aliphatic rings. The molecule has 0 saturated heterocycles. The summed E-state index contributed by atoms with van der Waals surface area (Å²) in [5, 5.41) is 0. The van der Waals surface area contributed by atoms with E-state index in [-0.39, 0.29) is 6.04 Å². The van der Waals surface area contributed by atoms with Crippen LogP contribution in [0, 0.1) is 0 Å². The highest BCUT2D eigenvalue weighted by Gasteiger charge is 2.23. The zero-order chi connectivity index (χ0) is 18.8. The van der Waals surface area contributed by atoms with Crippen molar-refractivity contribution >= 4 is 11.0 Å². The van der Waals surface area contributed by atoms with Crippen molar-refractivity contribution in [1.29, 1.82) is 0 Å². The lowest BCUT2D eigenvalue weighted by Gasteiger charge is -2.23. The van der Waals surface area contributed by atoms with Crippen LogP contribution in [0.5, 0.6) is 0 Å². The van der Waals surface area contributed by atoms with Gasteiger partial charge in [-0.1, -0.05) is 103 Å². The third kappa shape index (κ3) is 2.89. The van der Waals surface area contributed by atoms with Gasteiger partial charge in [0.15, 0.2) is 0 Å². The van der Waals surface area contributed by atoms with E-state index in [0.717, 1.165) is 22.4 Å². The molecule has 0 amide bonds. The highest BCUT2D eigenvalue weighted by atomic mass is 15.1. The maximum absolute atomic E-state index is 5.02. The summed E-state index contributed by atoms with van der Waals surface area (Å²) in [5.41, 5.74) is 5.76. The van der Waals surface area contributed by atoms with Crippen LogP contribution in [-0.4, -0.2) is 9.55 Å². The normalized spacial score (nSPS) is 11.2. The Morgan fingerprint density at radius 2 is 1.04 bits per heavy atom. The van der Waals surface area contributed by atoms with Gasteiger partial charge in [-0.15, -0.1) is 0 Å². The molecule has 2 heteroatoms. The van der Waals surface area contributed by atoms with Gasteiger partial charge in [-0.05, 0) is 23.3 Å². The van der Waals surface area contributed by atoms with Crippen molar-refractivity contribution in [3.05, 3.63) is 126 Å². The summed E-state index contributed by atoms with van der Waals surface area (Å²) >= 11 is 0. The first-order valence-electron chi connectivity index (χ1n) is 9.54. The molecule has 2 nitrogen and oxygen atoms in total. The van der Waals surface area contributed by atoms with Crippen LogP contribution in [-0.2, 0) is 0 Å². The fraction of sp³-hybridized carbons (Fsp3) is 0.0385. The summed E-state index contributed by atoms with van der Waals surface area (Å²) in [4.78, 5) is 5.02. The zero-order valence-corrected chi connectivity index (χ0v) is 15.4. The van der Waals surface area contributed by atoms with Crippen molar-refractivity contribution in [2.45, 2.75) is 6.04 Å². The molecule has 0 bridgehead atoms. The van der Waals surface area contributed by atoms with Gasteiger partial charge in [0.25, 0.3) is 0 Å². The van der Waals surface area contributed by atoms with E-state index < -0.39 is 0 Å². The smallest absolute Gasteiger partial charge is 0.141 e. The van der Waals surface area contributed by atoms with Crippen LogP contribution in [0.2, 0.25) is 0 Å². The van der Waals surface area contributed by atoms with Crippen LogP contribution < -0.4 is 0 Å². The number of para-hydroxylation sites is 2. The Balaban J connectivity index is 1.84. The lowest BCUT2D eigenvalue weighted by molar-refractivity contribution is 0.705. The van der Waals surface area contributed by atoms with Gasteiger partial charge in [0.2, 0.25) is 0 Å². The molecule has 0 aliphatic heterocycles. The number of rotatable bonds is 4. The summed E-state index contributed by atoms with van der Waals surface area (Å²) in [6, 6.07) is 40.2. The Morgan fingerprint density at radius 3 is 1.64 bits per heavy atom. The molecule has 5 rings (SSSR count). The average Bonchev–Trinajstić information content (AvgIpc) is 3.16. The predicted octanol–water partition coefficient (Wildman–Crippen LogP) is 6.34. The standard InChI is InChI=1S/C26H20N2/c1-4-12-20(13-5-1)25(21-14-6-2-7-15-21)28-24-19-11-10-18-23(24)27-26(28)22-16-8-3-9-17-22/h1-19,25H. The summed E-state index contributed by atoms with van der Waals surface area (Å²) in [6.07, 6.45) is 0. The molecular formula is C26H20N2. The van der Waals surface area contributed by atoms with Crippen molar-refractivity contribution in [3.8, 4) is 11.4 Å². The molecule has 0 saturated carbocycles. The third-order valence-electron chi connectivity index (χ3n) is 5.12. The van der Waals surface area contributed by atoms with Gasteiger partial charge in [-0.3, -0.25) is 0 Å². The second-order valence-electron chi connectivity index (χ2n) is 6.88. The van der Waals surface area contributed by atoms with E-state index in [9.17, 15) is 0 Å². The highest BCUT2D eigenvalue weighted by Crippen LogP contribution is 2.35. The van der Waals surface area contributed by atoms with Crippen molar-refractivity contribution in [1.82, 2.24) is 9.55 Å². The van der Waals surface area contributed by atoms with Gasteiger partial charge in [-0.25, -0.2) is 4.98 Å². The molecule has 1 heterocycles. The SMILES string of the molecule is c1ccc(-c2nc3ccccc3n2C(c2ccccc2)c2ccccc2)cc1. The monoisotopic (exact) mass is 360 g/mol. The maximum atomic E-state index is 5.02. The van der Waals surface area contributed by atoms with E-state index in [1.807, 2.05) is 6.07 Å². The first kappa shape index (κ1) is 16.5. The minimum atomic E-state index is 0.0463. The number of hydrogen-bond acceptors (Lipinski definition) is 1. The lowest BCUT2D eigenvalue weighted by atomic mass is 9.97. The van der Waals surface area contributed by atoms with Crippen molar-refractivity contribution in [2.24, 2.45) is 0 Å². The van der Waals surface area contributed by atoms with Gasteiger partial charge in [0, 0.05) is 5.56 Å². The average molecular weight is 360 g/mol. The van der Waals surface area contributed by atoms with Gasteiger partial charge in [0.1, 0.15) is 5.82 Å². The fourth-order valence-corrected chi connectivity index (χ4v) is 3.86. The van der Waals surface area contributed by atoms with Gasteiger partial charge < -0.3 is 4.57 Å². The van der Waals surface area contributed by atoms with Crippen LogP contribution in [0.25, 0.3) is 22.4 Å². The van der Waals surface area contributed by atoms with Crippen molar-refractivity contribution < 1.29 is 0 Å². The molecule has 134 valence electrons. The lowest BCUT2D eigenvalue weighted by Crippen LogP contribution is -2.13. The number of fused-ring (bicyclic) bond motifs is 1. The Morgan fingerprint density at radius 1 is 0.536 bits per heavy atom. The largest absolute Gasteiger partial charge is 0.312 e. The second-order valence-corrected chi connectivity index (χ2v) is 6.88. The van der Waals surface area contributed by atoms with E-state index in [0.29, 0.717) is 0 Å². The zero-order valence-electron chi connectivity index (χ0n) is 15.4. The van der Waals surface area contributed by atoms with Crippen LogP contribution in [0.4, 0.5) is 0 Å². The summed E-state index contributed by atoms with van der Waals surface area (Å²) in [7, 11) is 0. The Bertz CT molecular complexity index is 1150. The van der Waals surface area contributed by atoms with Crippen LogP contribution >= 0.6 is 0 Å². The number of aromatic nitrogens is 2. The van der Waals surface area contributed by atoms with Crippen LogP contribution in [0.1, 0.15) is 17.2 Å². The second kappa shape index (κ2) is 7.16. The molecule has 28 heavy (non-hydrogen) atoms. The molecule has 0 atom stereocenters. The fourth-order valence-electron chi connectivity index (χ4n) is 3.86. The molecule has 1 aromatic heterocycles. The molecule has 0 aliphatic carbocycles. The van der Waals surface area contributed by atoms with E-state index in [1.54, 1.807) is 0 Å². The first-order chi connectivity index (χ1) is 13.9. The summed E-state index contributed by atoms with van der Waals surface area (Å²) in [6.45, 7) is 0. The molecule has 0 radical (unpaired) electrons. The topological polar surface area (TPSA) is 17.8 Å². The summed E-state index contributed by atoms with van der Waals surface area (Å²) in [5.74, 6) is 0.986. The van der Waals surface area contributed by atoms with Crippen LogP contribution in [0.3, 0.4) is 0 Å². The Hall–Kier alpha value is -3.65. The van der Waals surface area contributed by atoms with Gasteiger partial charge >= 0.3 is 0 Å². The highest BCUT2D eigenvalue weighted by molar-refractivity contribution is 5.81. The molecular weight excluding hydrogens is 340 g/mol. The molecule has 0 unspecified atom stereocenters. The third-order valence-corrected chi connectivity index (χ3v) is 5.12. The molecule has 0 fully saturated rings. The number of nitrogens with zero attached hydrogens (tertiary/aromatic N) is 2. The van der Waals surface area contributed by atoms with E-state index >= 15 is 0 Å². The predicted molar refractivity (Wildman–Crippen MR) is 115 cm³/mol. The van der Waals surface area contributed by atoms with Crippen LogP contribution in [0.15, 0.2) is 115 Å². The summed E-state index contributed by atoms with van der Waals surface area (Å²) < 4.78 is 2.37. The van der Waals surface area contributed by atoms with Gasteiger partial charge in [0.05, 0.1) is 17.1 Å². The number of benzene rings is 4. The molecule has 4 aromatic carbocycles. The maximum Gasteiger partial charge on any atom is 0.141 e. The Kier molecular flexibility index (Phi) is 4.23. The van der Waals surface area contributed by atoms with Crippen molar-refractivity contribution in [2.75, 3.05) is 0 Å². The number of imidazole rings is 1. The van der Waals surface area contributed by atoms with E-state index in [4.69, 9.17) is 4.98 Å². The first-order valence-corrected chi connectivity index (χ1v) is 9.54. The number of hydrogen-bond donors (Lipinski definition) is 0. The minimum Gasteiger partial charge on any atom is -0.312 e. The van der Waals surface area contributed by atoms with E-state index in [1.165, 1.54) is 11.1 Å². The molecule has 0 spiro atoms. The quantitative estimate of drug-likeness (QED) is 0.365. The molecule has 5 aromatic rings. The van der Waals surface area contributed by atoms with E-state index in [2.05, 4.69) is 114 Å². The van der Waals surface area contributed by atoms with Gasteiger partial charge in [-0.2, -0.15) is 0 Å². The van der Waals surface area contributed by atoms with Crippen molar-refractivity contribution in [3.63, 3.8) is 0 Å². The minimum absolute atomic E-state index is 0.0463. The molecule has 0 N–H and O–H groups in total. The Labute approximate surface area is 164 Å².